The number of rotatable bonds is 12. The molecule has 0 aliphatic rings. The van der Waals surface area contributed by atoms with E-state index in [0.717, 1.165) is 11.1 Å². The van der Waals surface area contributed by atoms with Gasteiger partial charge in [0.2, 0.25) is 9.84 Å². The van der Waals surface area contributed by atoms with Gasteiger partial charge < -0.3 is 20.1 Å². The fourth-order valence-corrected chi connectivity index (χ4v) is 6.35. The first-order chi connectivity index (χ1) is 24.7. The zero-order valence-electron chi connectivity index (χ0n) is 27.3. The first-order valence-electron chi connectivity index (χ1n) is 15.8. The Morgan fingerprint density at radius 2 is 0.902 bits per heavy atom. The topological polar surface area (TPSA) is 111 Å². The SMILES string of the molecule is C=Cc1cccc(C(=O)Nc2ccccc2Oc2ccc(S(=O)(=O)c3ccc(Oc4ccccc4NC(=O)c4cccc(C=C)c4)cc3)cc2)c1. The van der Waals surface area contributed by atoms with Crippen molar-refractivity contribution in [3.8, 4) is 23.0 Å². The van der Waals surface area contributed by atoms with Crippen LogP contribution in [0.1, 0.15) is 31.8 Å². The minimum atomic E-state index is -3.88. The van der Waals surface area contributed by atoms with E-state index in [1.54, 1.807) is 121 Å². The molecule has 0 radical (unpaired) electrons. The highest BCUT2D eigenvalue weighted by Gasteiger charge is 2.19. The summed E-state index contributed by atoms with van der Waals surface area (Å²) in [4.78, 5) is 26.0. The molecule has 2 amide bonds. The Balaban J connectivity index is 1.12. The van der Waals surface area contributed by atoms with Gasteiger partial charge >= 0.3 is 0 Å². The van der Waals surface area contributed by atoms with E-state index in [9.17, 15) is 18.0 Å². The van der Waals surface area contributed by atoms with Crippen molar-refractivity contribution < 1.29 is 27.5 Å². The van der Waals surface area contributed by atoms with Crippen molar-refractivity contribution in [2.75, 3.05) is 10.6 Å². The normalized spacial score (nSPS) is 10.8. The number of sulfone groups is 1. The van der Waals surface area contributed by atoms with Gasteiger partial charge in [-0.1, -0.05) is 73.8 Å². The number of carbonyl (C=O) groups is 2. The van der Waals surface area contributed by atoms with E-state index >= 15 is 0 Å². The summed E-state index contributed by atoms with van der Waals surface area (Å²) in [5.41, 5.74) is 3.48. The van der Waals surface area contributed by atoms with Crippen molar-refractivity contribution in [3.63, 3.8) is 0 Å². The minimum absolute atomic E-state index is 0.0702. The lowest BCUT2D eigenvalue weighted by molar-refractivity contribution is 0.101. The molecule has 0 saturated heterocycles. The first kappa shape index (κ1) is 34.2. The van der Waals surface area contributed by atoms with Gasteiger partial charge in [-0.3, -0.25) is 9.59 Å². The van der Waals surface area contributed by atoms with Crippen LogP contribution in [0.5, 0.6) is 23.0 Å². The highest BCUT2D eigenvalue weighted by Crippen LogP contribution is 2.33. The Labute approximate surface area is 296 Å². The lowest BCUT2D eigenvalue weighted by atomic mass is 10.1. The summed E-state index contributed by atoms with van der Waals surface area (Å²) in [5.74, 6) is 0.919. The van der Waals surface area contributed by atoms with Gasteiger partial charge in [0.1, 0.15) is 11.5 Å². The van der Waals surface area contributed by atoms with E-state index in [1.807, 2.05) is 12.1 Å². The lowest BCUT2D eigenvalue weighted by Crippen LogP contribution is -2.12. The van der Waals surface area contributed by atoms with Crippen LogP contribution in [0.25, 0.3) is 12.2 Å². The Hall–Kier alpha value is -6.71. The monoisotopic (exact) mass is 692 g/mol. The molecule has 9 heteroatoms. The highest BCUT2D eigenvalue weighted by molar-refractivity contribution is 7.91. The molecule has 0 atom stereocenters. The number of anilines is 2. The quantitative estimate of drug-likeness (QED) is 0.132. The molecule has 0 fully saturated rings. The Morgan fingerprint density at radius 3 is 1.29 bits per heavy atom. The molecule has 51 heavy (non-hydrogen) atoms. The molecule has 0 heterocycles. The molecule has 6 rings (SSSR count). The van der Waals surface area contributed by atoms with E-state index in [0.29, 0.717) is 45.5 Å². The summed E-state index contributed by atoms with van der Waals surface area (Å²) in [6.07, 6.45) is 3.33. The smallest absolute Gasteiger partial charge is 0.255 e. The summed E-state index contributed by atoms with van der Waals surface area (Å²) < 4.78 is 39.1. The molecule has 6 aromatic carbocycles. The van der Waals surface area contributed by atoms with Crippen LogP contribution in [0.4, 0.5) is 11.4 Å². The van der Waals surface area contributed by atoms with Gasteiger partial charge in [-0.2, -0.15) is 0 Å². The van der Waals surface area contributed by atoms with Crippen LogP contribution in [0.2, 0.25) is 0 Å². The average Bonchev–Trinajstić information content (AvgIpc) is 3.17. The predicted octanol–water partition coefficient (Wildman–Crippen LogP) is 9.89. The number of benzene rings is 6. The van der Waals surface area contributed by atoms with Crippen LogP contribution >= 0.6 is 0 Å². The van der Waals surface area contributed by atoms with Crippen LogP contribution in [-0.2, 0) is 9.84 Å². The summed E-state index contributed by atoms with van der Waals surface area (Å²) in [6, 6.07) is 40.1. The maximum absolute atomic E-state index is 13.5. The van der Waals surface area contributed by atoms with Gasteiger partial charge in [-0.25, -0.2) is 8.42 Å². The second-order valence-corrected chi connectivity index (χ2v) is 13.2. The molecular formula is C42H32N2O6S. The zero-order valence-corrected chi connectivity index (χ0v) is 28.1. The maximum atomic E-state index is 13.5. The molecule has 0 unspecified atom stereocenters. The van der Waals surface area contributed by atoms with Crippen LogP contribution in [-0.4, -0.2) is 20.2 Å². The van der Waals surface area contributed by atoms with Gasteiger partial charge in [0, 0.05) is 11.1 Å². The van der Waals surface area contributed by atoms with Gasteiger partial charge in [0.05, 0.1) is 21.2 Å². The third-order valence-corrected chi connectivity index (χ3v) is 9.55. The molecule has 0 spiro atoms. The van der Waals surface area contributed by atoms with E-state index in [-0.39, 0.29) is 21.6 Å². The molecular weight excluding hydrogens is 661 g/mol. The number of carbonyl (C=O) groups excluding carboxylic acids is 2. The number of nitrogens with one attached hydrogen (secondary N) is 2. The first-order valence-corrected chi connectivity index (χ1v) is 17.3. The van der Waals surface area contributed by atoms with Gasteiger partial charge in [0.15, 0.2) is 11.5 Å². The van der Waals surface area contributed by atoms with Crippen molar-refractivity contribution >= 4 is 45.2 Å². The predicted molar refractivity (Wildman–Crippen MR) is 200 cm³/mol. The van der Waals surface area contributed by atoms with Gasteiger partial charge in [0.25, 0.3) is 11.8 Å². The van der Waals surface area contributed by atoms with Crippen LogP contribution in [0.15, 0.2) is 169 Å². The van der Waals surface area contributed by atoms with Crippen LogP contribution in [0.3, 0.4) is 0 Å². The lowest BCUT2D eigenvalue weighted by Gasteiger charge is -2.14. The molecule has 0 aliphatic carbocycles. The van der Waals surface area contributed by atoms with Gasteiger partial charge in [-0.05, 0) is 108 Å². The summed E-state index contributed by atoms with van der Waals surface area (Å²) in [5, 5.41) is 5.74. The highest BCUT2D eigenvalue weighted by atomic mass is 32.2. The second-order valence-electron chi connectivity index (χ2n) is 11.2. The Kier molecular flexibility index (Phi) is 10.2. The van der Waals surface area contributed by atoms with E-state index < -0.39 is 9.84 Å². The van der Waals surface area contributed by atoms with Crippen molar-refractivity contribution in [1.82, 2.24) is 0 Å². The maximum Gasteiger partial charge on any atom is 0.255 e. The summed E-state index contributed by atoms with van der Waals surface area (Å²) >= 11 is 0. The number of para-hydroxylation sites is 4. The fourth-order valence-electron chi connectivity index (χ4n) is 5.08. The largest absolute Gasteiger partial charge is 0.455 e. The zero-order chi connectivity index (χ0) is 35.8. The molecule has 2 N–H and O–H groups in total. The molecule has 0 aromatic heterocycles. The second kappa shape index (κ2) is 15.2. The Bertz CT molecular complexity index is 2190. The van der Waals surface area contributed by atoms with Gasteiger partial charge in [-0.15, -0.1) is 0 Å². The standard InChI is InChI=1S/C42H32N2O6S/c1-3-29-11-9-13-31(27-29)41(45)43-37-15-5-7-17-39(37)49-33-19-23-35(24-20-33)51(47,48)36-25-21-34(22-26-36)50-40-18-8-6-16-38(40)44-42(46)32-14-10-12-30(4-2)28-32/h3-28H,1-2H2,(H,43,45)(H,44,46). The molecule has 252 valence electrons. The van der Waals surface area contributed by atoms with Crippen molar-refractivity contribution in [3.05, 3.63) is 181 Å². The molecule has 6 aromatic rings. The number of amides is 2. The fraction of sp³-hybridized carbons (Fsp3) is 0. The number of hydrogen-bond donors (Lipinski definition) is 2. The summed E-state index contributed by atoms with van der Waals surface area (Å²) in [7, 11) is -3.88. The average molecular weight is 693 g/mol. The molecule has 0 bridgehead atoms. The third kappa shape index (κ3) is 8.13. The minimum Gasteiger partial charge on any atom is -0.455 e. The number of hydrogen-bond acceptors (Lipinski definition) is 6. The van der Waals surface area contributed by atoms with Crippen molar-refractivity contribution in [1.29, 1.82) is 0 Å². The van der Waals surface area contributed by atoms with E-state index in [1.165, 1.54) is 24.3 Å². The van der Waals surface area contributed by atoms with Crippen molar-refractivity contribution in [2.24, 2.45) is 0 Å². The molecule has 8 nitrogen and oxygen atoms in total. The van der Waals surface area contributed by atoms with Crippen LogP contribution < -0.4 is 20.1 Å². The van der Waals surface area contributed by atoms with E-state index in [2.05, 4.69) is 23.8 Å². The van der Waals surface area contributed by atoms with Crippen LogP contribution in [0, 0.1) is 0 Å². The van der Waals surface area contributed by atoms with E-state index in [4.69, 9.17) is 9.47 Å². The third-order valence-electron chi connectivity index (χ3n) is 7.76. The Morgan fingerprint density at radius 1 is 0.510 bits per heavy atom. The molecule has 0 saturated carbocycles. The number of ether oxygens (including phenoxy) is 2. The summed E-state index contributed by atoms with van der Waals surface area (Å²) in [6.45, 7) is 7.49. The van der Waals surface area contributed by atoms with Crippen molar-refractivity contribution in [2.45, 2.75) is 9.79 Å². The molecule has 0 aliphatic heterocycles.